The van der Waals surface area contributed by atoms with Gasteiger partial charge in [0.1, 0.15) is 11.9 Å². The fourth-order valence-electron chi connectivity index (χ4n) is 1.46. The summed E-state index contributed by atoms with van der Waals surface area (Å²) in [6.07, 6.45) is 1.23. The van der Waals surface area contributed by atoms with Crippen molar-refractivity contribution in [3.05, 3.63) is 23.8 Å². The summed E-state index contributed by atoms with van der Waals surface area (Å²) >= 11 is 0. The zero-order valence-electron chi connectivity index (χ0n) is 6.50. The van der Waals surface area contributed by atoms with Gasteiger partial charge in [0.05, 0.1) is 0 Å². The Bertz CT molecular complexity index is 283. The number of hydrogen-bond acceptors (Lipinski definition) is 2. The molecular formula is C9H11NO. The maximum absolute atomic E-state index is 5.75. The highest BCUT2D eigenvalue weighted by Crippen LogP contribution is 2.32. The average Bonchev–Trinajstić information content (AvgIpc) is 2.31. The third-order valence-corrected chi connectivity index (χ3v) is 1.99. The predicted octanol–water partition coefficient (Wildman–Crippen LogP) is 1.59. The van der Waals surface area contributed by atoms with Crippen molar-refractivity contribution in [1.82, 2.24) is 0 Å². The van der Waals surface area contributed by atoms with Crippen molar-refractivity contribution in [3.63, 3.8) is 0 Å². The van der Waals surface area contributed by atoms with E-state index < -0.39 is 0 Å². The number of ether oxygens (including phenoxy) is 1. The highest BCUT2D eigenvalue weighted by molar-refractivity contribution is 5.56. The average molecular weight is 149 g/mol. The van der Waals surface area contributed by atoms with Crippen LogP contribution in [0.3, 0.4) is 0 Å². The fourth-order valence-corrected chi connectivity index (χ4v) is 1.46. The molecule has 1 aliphatic heterocycles. The van der Waals surface area contributed by atoms with E-state index in [1.54, 1.807) is 0 Å². The Morgan fingerprint density at radius 3 is 3.09 bits per heavy atom. The fraction of sp³-hybridized carbons (Fsp3) is 0.333. The lowest BCUT2D eigenvalue weighted by molar-refractivity contribution is 0.254. The normalized spacial score (nSPS) is 21.0. The zero-order valence-corrected chi connectivity index (χ0v) is 6.50. The van der Waals surface area contributed by atoms with Crippen molar-refractivity contribution in [2.45, 2.75) is 19.4 Å². The van der Waals surface area contributed by atoms with Crippen molar-refractivity contribution < 1.29 is 4.74 Å². The van der Waals surface area contributed by atoms with Gasteiger partial charge in [-0.2, -0.15) is 0 Å². The molecule has 2 heteroatoms. The number of anilines is 1. The van der Waals surface area contributed by atoms with Gasteiger partial charge in [-0.3, -0.25) is 0 Å². The maximum Gasteiger partial charge on any atom is 0.125 e. The third kappa shape index (κ3) is 0.946. The smallest absolute Gasteiger partial charge is 0.125 e. The predicted molar refractivity (Wildman–Crippen MR) is 44.6 cm³/mol. The quantitative estimate of drug-likeness (QED) is 0.568. The Balaban J connectivity index is 2.49. The Morgan fingerprint density at radius 1 is 1.55 bits per heavy atom. The first-order valence-corrected chi connectivity index (χ1v) is 3.81. The van der Waals surface area contributed by atoms with Crippen LogP contribution in [0, 0.1) is 0 Å². The molecule has 1 aromatic carbocycles. The van der Waals surface area contributed by atoms with Crippen LogP contribution >= 0.6 is 0 Å². The second-order valence-corrected chi connectivity index (χ2v) is 2.96. The molecule has 0 bridgehead atoms. The Hall–Kier alpha value is -1.18. The minimum atomic E-state index is 0.287. The Kier molecular flexibility index (Phi) is 1.28. The van der Waals surface area contributed by atoms with E-state index in [0.29, 0.717) is 0 Å². The van der Waals surface area contributed by atoms with E-state index in [2.05, 4.69) is 6.92 Å². The van der Waals surface area contributed by atoms with E-state index in [0.717, 1.165) is 17.9 Å². The summed E-state index contributed by atoms with van der Waals surface area (Å²) in [5.41, 5.74) is 7.77. The van der Waals surface area contributed by atoms with Gasteiger partial charge in [0, 0.05) is 17.7 Å². The number of nitrogens with two attached hydrogens (primary N) is 1. The molecule has 0 saturated heterocycles. The molecule has 0 fully saturated rings. The molecule has 0 aliphatic carbocycles. The summed E-state index contributed by atoms with van der Waals surface area (Å²) in [7, 11) is 0. The number of benzene rings is 1. The van der Waals surface area contributed by atoms with Crippen LogP contribution in [0.25, 0.3) is 0 Å². The van der Waals surface area contributed by atoms with Gasteiger partial charge in [0.15, 0.2) is 0 Å². The van der Waals surface area contributed by atoms with E-state index in [-0.39, 0.29) is 6.10 Å². The summed E-state index contributed by atoms with van der Waals surface area (Å²) < 4.78 is 5.51. The van der Waals surface area contributed by atoms with E-state index >= 15 is 0 Å². The number of nitrogen functional groups attached to an aromatic ring is 1. The van der Waals surface area contributed by atoms with E-state index in [1.807, 2.05) is 18.2 Å². The summed E-state index contributed by atoms with van der Waals surface area (Å²) in [4.78, 5) is 0. The van der Waals surface area contributed by atoms with Gasteiger partial charge in [-0.15, -0.1) is 0 Å². The molecule has 0 radical (unpaired) electrons. The highest BCUT2D eigenvalue weighted by Gasteiger charge is 2.19. The van der Waals surface area contributed by atoms with Crippen LogP contribution in [-0.2, 0) is 6.42 Å². The van der Waals surface area contributed by atoms with E-state index in [9.17, 15) is 0 Å². The molecule has 0 aromatic heterocycles. The lowest BCUT2D eigenvalue weighted by atomic mass is 10.1. The van der Waals surface area contributed by atoms with Crippen LogP contribution in [0.2, 0.25) is 0 Å². The topological polar surface area (TPSA) is 35.2 Å². The molecule has 1 atom stereocenters. The minimum absolute atomic E-state index is 0.287. The third-order valence-electron chi connectivity index (χ3n) is 1.99. The van der Waals surface area contributed by atoms with Gasteiger partial charge < -0.3 is 10.5 Å². The molecule has 0 saturated carbocycles. The van der Waals surface area contributed by atoms with Crippen molar-refractivity contribution in [3.8, 4) is 5.75 Å². The molecule has 1 aromatic rings. The van der Waals surface area contributed by atoms with Crippen molar-refractivity contribution >= 4 is 5.69 Å². The van der Waals surface area contributed by atoms with Crippen LogP contribution in [0.5, 0.6) is 5.75 Å². The first-order valence-electron chi connectivity index (χ1n) is 3.81. The summed E-state index contributed by atoms with van der Waals surface area (Å²) in [6, 6.07) is 5.81. The van der Waals surface area contributed by atoms with Crippen LogP contribution in [0.15, 0.2) is 18.2 Å². The van der Waals surface area contributed by atoms with Gasteiger partial charge in [-0.05, 0) is 19.1 Å². The SMILES string of the molecule is C[C@H]1Cc2c(N)cccc2O1. The second kappa shape index (κ2) is 2.16. The van der Waals surface area contributed by atoms with Gasteiger partial charge >= 0.3 is 0 Å². The van der Waals surface area contributed by atoms with E-state index in [4.69, 9.17) is 10.5 Å². The Labute approximate surface area is 66.0 Å². The summed E-state index contributed by atoms with van der Waals surface area (Å²) in [5, 5.41) is 0. The molecule has 0 spiro atoms. The van der Waals surface area contributed by atoms with Crippen LogP contribution < -0.4 is 10.5 Å². The van der Waals surface area contributed by atoms with Gasteiger partial charge in [-0.1, -0.05) is 6.07 Å². The van der Waals surface area contributed by atoms with E-state index in [1.165, 1.54) is 5.56 Å². The lowest BCUT2D eigenvalue weighted by Gasteiger charge is -2.01. The summed E-state index contributed by atoms with van der Waals surface area (Å²) in [5.74, 6) is 0.956. The monoisotopic (exact) mass is 149 g/mol. The molecule has 1 aliphatic rings. The highest BCUT2D eigenvalue weighted by atomic mass is 16.5. The number of hydrogen-bond donors (Lipinski definition) is 1. The maximum atomic E-state index is 5.75. The Morgan fingerprint density at radius 2 is 2.36 bits per heavy atom. The van der Waals surface area contributed by atoms with Crippen molar-refractivity contribution in [2.75, 3.05) is 5.73 Å². The van der Waals surface area contributed by atoms with Crippen LogP contribution in [0.1, 0.15) is 12.5 Å². The lowest BCUT2D eigenvalue weighted by Crippen LogP contribution is -2.05. The minimum Gasteiger partial charge on any atom is -0.490 e. The molecule has 0 amide bonds. The molecule has 2 nitrogen and oxygen atoms in total. The molecule has 11 heavy (non-hydrogen) atoms. The summed E-state index contributed by atoms with van der Waals surface area (Å²) in [6.45, 7) is 2.06. The number of fused-ring (bicyclic) bond motifs is 1. The second-order valence-electron chi connectivity index (χ2n) is 2.96. The van der Waals surface area contributed by atoms with Crippen molar-refractivity contribution in [1.29, 1.82) is 0 Å². The van der Waals surface area contributed by atoms with Gasteiger partial charge in [-0.25, -0.2) is 0 Å². The molecule has 2 N–H and O–H groups in total. The first kappa shape index (κ1) is 6.53. The molecule has 0 unspecified atom stereocenters. The van der Waals surface area contributed by atoms with Crippen molar-refractivity contribution in [2.24, 2.45) is 0 Å². The molecule has 2 rings (SSSR count). The number of rotatable bonds is 0. The van der Waals surface area contributed by atoms with Gasteiger partial charge in [0.25, 0.3) is 0 Å². The first-order chi connectivity index (χ1) is 5.27. The standard InChI is InChI=1S/C9H11NO/c1-6-5-7-8(10)3-2-4-9(7)11-6/h2-4,6H,5,10H2,1H3/t6-/m0/s1. The molecular weight excluding hydrogens is 138 g/mol. The zero-order chi connectivity index (χ0) is 7.84. The largest absolute Gasteiger partial charge is 0.490 e. The van der Waals surface area contributed by atoms with Crippen LogP contribution in [0.4, 0.5) is 5.69 Å². The molecule has 1 heterocycles. The van der Waals surface area contributed by atoms with Crippen LogP contribution in [-0.4, -0.2) is 6.10 Å². The molecule has 58 valence electrons. The van der Waals surface area contributed by atoms with Gasteiger partial charge in [0.2, 0.25) is 0 Å².